The SMILES string of the molecule is COc1ccc(S(=O)(=O)c2ccc3c(=O)n(Cc4cc[nH]n4)ncc3c2)nc1. The van der Waals surface area contributed by atoms with Crippen molar-refractivity contribution in [2.45, 2.75) is 16.5 Å². The smallest absolute Gasteiger partial charge is 0.274 e. The predicted octanol–water partition coefficient (Wildman–Crippen LogP) is 1.40. The molecule has 0 fully saturated rings. The molecule has 0 aliphatic heterocycles. The van der Waals surface area contributed by atoms with Crippen LogP contribution in [0.5, 0.6) is 5.75 Å². The Hall–Kier alpha value is -3.53. The maximum Gasteiger partial charge on any atom is 0.274 e. The molecule has 0 atom stereocenters. The first-order chi connectivity index (χ1) is 13.5. The fraction of sp³-hybridized carbons (Fsp3) is 0.111. The highest BCUT2D eigenvalue weighted by Gasteiger charge is 2.20. The summed E-state index contributed by atoms with van der Waals surface area (Å²) < 4.78 is 31.9. The van der Waals surface area contributed by atoms with Crippen molar-refractivity contribution in [3.63, 3.8) is 0 Å². The lowest BCUT2D eigenvalue weighted by molar-refractivity contribution is 0.412. The summed E-state index contributed by atoms with van der Waals surface area (Å²) in [6.45, 7) is 0.216. The van der Waals surface area contributed by atoms with Crippen LogP contribution in [-0.4, -0.2) is 40.5 Å². The third-order valence-electron chi connectivity index (χ3n) is 4.22. The number of rotatable bonds is 5. The molecule has 9 nitrogen and oxygen atoms in total. The molecule has 1 N–H and O–H groups in total. The molecule has 28 heavy (non-hydrogen) atoms. The van der Waals surface area contributed by atoms with Crippen LogP contribution in [0.2, 0.25) is 0 Å². The molecule has 10 heteroatoms. The fourth-order valence-corrected chi connectivity index (χ4v) is 3.95. The van der Waals surface area contributed by atoms with Gasteiger partial charge in [0.25, 0.3) is 5.56 Å². The fourth-order valence-electron chi connectivity index (χ4n) is 2.75. The Balaban J connectivity index is 1.74. The lowest BCUT2D eigenvalue weighted by atomic mass is 10.2. The lowest BCUT2D eigenvalue weighted by Gasteiger charge is -2.08. The molecule has 0 radical (unpaired) electrons. The van der Waals surface area contributed by atoms with E-state index in [9.17, 15) is 13.2 Å². The first-order valence-corrected chi connectivity index (χ1v) is 9.71. The van der Waals surface area contributed by atoms with Crippen LogP contribution in [0.25, 0.3) is 10.8 Å². The highest BCUT2D eigenvalue weighted by atomic mass is 32.2. The van der Waals surface area contributed by atoms with Gasteiger partial charge in [-0.1, -0.05) is 0 Å². The number of ether oxygens (including phenoxy) is 1. The number of H-pyrrole nitrogens is 1. The molecule has 4 aromatic rings. The van der Waals surface area contributed by atoms with Crippen LogP contribution in [0.3, 0.4) is 0 Å². The standard InChI is InChI=1S/C18H15N5O4S/c1-27-14-2-5-17(19-10-14)28(25,26)15-3-4-16-12(8-15)9-21-23(18(16)24)11-13-6-7-20-22-13/h2-10H,11H2,1H3,(H,20,22). The van der Waals surface area contributed by atoms with Crippen molar-refractivity contribution >= 4 is 20.6 Å². The zero-order valence-electron chi connectivity index (χ0n) is 14.7. The van der Waals surface area contributed by atoms with Crippen LogP contribution in [0.1, 0.15) is 5.69 Å². The summed E-state index contributed by atoms with van der Waals surface area (Å²) in [5.41, 5.74) is 0.339. The average Bonchev–Trinajstić information content (AvgIpc) is 3.23. The highest BCUT2D eigenvalue weighted by Crippen LogP contribution is 2.23. The minimum Gasteiger partial charge on any atom is -0.495 e. The molecule has 0 unspecified atom stereocenters. The van der Waals surface area contributed by atoms with E-state index in [1.165, 1.54) is 54.5 Å². The molecule has 0 amide bonds. The van der Waals surface area contributed by atoms with Crippen LogP contribution >= 0.6 is 0 Å². The topological polar surface area (TPSA) is 120 Å². The van der Waals surface area contributed by atoms with Gasteiger partial charge in [0.05, 0.1) is 42.0 Å². The summed E-state index contributed by atoms with van der Waals surface area (Å²) in [7, 11) is -2.36. The number of methoxy groups -OCH3 is 1. The molecule has 3 heterocycles. The van der Waals surface area contributed by atoms with Crippen molar-refractivity contribution in [3.8, 4) is 5.75 Å². The van der Waals surface area contributed by atoms with Crippen LogP contribution in [0, 0.1) is 0 Å². The third kappa shape index (κ3) is 3.14. The molecule has 0 spiro atoms. The molecule has 0 bridgehead atoms. The second kappa shape index (κ2) is 6.89. The number of nitrogens with one attached hydrogen (secondary N) is 1. The number of nitrogens with zero attached hydrogens (tertiary/aromatic N) is 4. The van der Waals surface area contributed by atoms with Crippen molar-refractivity contribution in [3.05, 3.63) is 71.0 Å². The molecule has 0 saturated carbocycles. The number of hydrogen-bond donors (Lipinski definition) is 1. The van der Waals surface area contributed by atoms with Gasteiger partial charge in [-0.25, -0.2) is 18.1 Å². The Morgan fingerprint density at radius 3 is 2.68 bits per heavy atom. The molecule has 0 aliphatic carbocycles. The first-order valence-electron chi connectivity index (χ1n) is 8.23. The Kier molecular flexibility index (Phi) is 4.40. The number of sulfone groups is 1. The van der Waals surface area contributed by atoms with Gasteiger partial charge >= 0.3 is 0 Å². The molecule has 0 aliphatic rings. The van der Waals surface area contributed by atoms with Crippen LogP contribution in [-0.2, 0) is 16.4 Å². The van der Waals surface area contributed by atoms with E-state index < -0.39 is 9.84 Å². The second-order valence-electron chi connectivity index (χ2n) is 5.96. The molecule has 0 saturated heterocycles. The van der Waals surface area contributed by atoms with Crippen LogP contribution in [0.15, 0.2) is 69.7 Å². The molecule has 3 aromatic heterocycles. The van der Waals surface area contributed by atoms with E-state index in [4.69, 9.17) is 4.74 Å². The lowest BCUT2D eigenvalue weighted by Crippen LogP contribution is -2.23. The van der Waals surface area contributed by atoms with E-state index in [-0.39, 0.29) is 22.0 Å². The molecular weight excluding hydrogens is 382 g/mol. The molecule has 4 rings (SSSR count). The zero-order chi connectivity index (χ0) is 19.7. The van der Waals surface area contributed by atoms with Crippen molar-refractivity contribution in [1.29, 1.82) is 0 Å². The number of pyridine rings is 1. The highest BCUT2D eigenvalue weighted by molar-refractivity contribution is 7.91. The second-order valence-corrected chi connectivity index (χ2v) is 7.86. The summed E-state index contributed by atoms with van der Waals surface area (Å²) >= 11 is 0. The Morgan fingerprint density at radius 2 is 2.00 bits per heavy atom. The van der Waals surface area contributed by atoms with Gasteiger partial charge in [0.15, 0.2) is 5.03 Å². The van der Waals surface area contributed by atoms with E-state index in [1.807, 2.05) is 0 Å². The van der Waals surface area contributed by atoms with Crippen LogP contribution in [0.4, 0.5) is 0 Å². The third-order valence-corrected chi connectivity index (χ3v) is 5.89. The maximum absolute atomic E-state index is 12.8. The van der Waals surface area contributed by atoms with E-state index in [2.05, 4.69) is 20.3 Å². The van der Waals surface area contributed by atoms with Crippen molar-refractivity contribution < 1.29 is 13.2 Å². The summed E-state index contributed by atoms with van der Waals surface area (Å²) in [5, 5.41) is 11.5. The van der Waals surface area contributed by atoms with Crippen molar-refractivity contribution in [2.24, 2.45) is 0 Å². The summed E-state index contributed by atoms with van der Waals surface area (Å²) in [4.78, 5) is 16.6. The average molecular weight is 397 g/mol. The number of fused-ring (bicyclic) bond motifs is 1. The Bertz CT molecular complexity index is 1300. The van der Waals surface area contributed by atoms with Gasteiger partial charge < -0.3 is 4.74 Å². The van der Waals surface area contributed by atoms with Gasteiger partial charge in [-0.05, 0) is 36.4 Å². The van der Waals surface area contributed by atoms with Gasteiger partial charge in [0.2, 0.25) is 9.84 Å². The quantitative estimate of drug-likeness (QED) is 0.540. The number of benzene rings is 1. The number of aromatic nitrogens is 5. The molecule has 142 valence electrons. The van der Waals surface area contributed by atoms with Gasteiger partial charge in [-0.2, -0.15) is 10.2 Å². The summed E-state index contributed by atoms with van der Waals surface area (Å²) in [6, 6.07) is 8.94. The minimum absolute atomic E-state index is 0.0314. The Morgan fingerprint density at radius 1 is 1.14 bits per heavy atom. The summed E-state index contributed by atoms with van der Waals surface area (Å²) in [6.07, 6.45) is 4.46. The first kappa shape index (κ1) is 17.9. The zero-order valence-corrected chi connectivity index (χ0v) is 15.5. The van der Waals surface area contributed by atoms with Gasteiger partial charge in [-0.3, -0.25) is 9.89 Å². The van der Waals surface area contributed by atoms with Crippen LogP contribution < -0.4 is 10.3 Å². The van der Waals surface area contributed by atoms with Gasteiger partial charge in [0, 0.05) is 11.6 Å². The number of aromatic amines is 1. The minimum atomic E-state index is -3.84. The predicted molar refractivity (Wildman–Crippen MR) is 99.9 cm³/mol. The van der Waals surface area contributed by atoms with Crippen molar-refractivity contribution in [2.75, 3.05) is 7.11 Å². The normalized spacial score (nSPS) is 11.6. The summed E-state index contributed by atoms with van der Waals surface area (Å²) in [5.74, 6) is 0.458. The maximum atomic E-state index is 12.8. The van der Waals surface area contributed by atoms with E-state index in [0.717, 1.165) is 0 Å². The van der Waals surface area contributed by atoms with E-state index >= 15 is 0 Å². The monoisotopic (exact) mass is 397 g/mol. The number of hydrogen-bond acceptors (Lipinski definition) is 7. The van der Waals surface area contributed by atoms with Crippen molar-refractivity contribution in [1.82, 2.24) is 25.0 Å². The van der Waals surface area contributed by atoms with E-state index in [1.54, 1.807) is 12.3 Å². The molecular formula is C18H15N5O4S. The van der Waals surface area contributed by atoms with E-state index in [0.29, 0.717) is 22.2 Å². The van der Waals surface area contributed by atoms with Gasteiger partial charge in [-0.15, -0.1) is 0 Å². The van der Waals surface area contributed by atoms with Gasteiger partial charge in [0.1, 0.15) is 5.75 Å². The molecule has 1 aromatic carbocycles. The largest absolute Gasteiger partial charge is 0.495 e. The Labute approximate surface area is 159 Å².